The number of hydrogen-bond donors (Lipinski definition) is 2. The topological polar surface area (TPSA) is 84.8 Å². The summed E-state index contributed by atoms with van der Waals surface area (Å²) in [7, 11) is 0. The van der Waals surface area contributed by atoms with Gasteiger partial charge in [0.05, 0.1) is 36.2 Å². The minimum Gasteiger partial charge on any atom is -0.354 e. The Hall–Kier alpha value is -2.65. The van der Waals surface area contributed by atoms with Gasteiger partial charge in [0.1, 0.15) is 0 Å². The number of rotatable bonds is 4. The van der Waals surface area contributed by atoms with Gasteiger partial charge in [-0.25, -0.2) is 4.98 Å². The number of H-pyrrole nitrogens is 1. The Kier molecular flexibility index (Phi) is 4.17. The highest BCUT2D eigenvalue weighted by Crippen LogP contribution is 2.24. The van der Waals surface area contributed by atoms with Crippen LogP contribution < -0.4 is 5.32 Å². The first-order valence-corrected chi connectivity index (χ1v) is 7.24. The summed E-state index contributed by atoms with van der Waals surface area (Å²) >= 11 is 0. The third kappa shape index (κ3) is 3.15. The normalized spacial score (nSPS) is 16.8. The summed E-state index contributed by atoms with van der Waals surface area (Å²) in [5, 5.41) is 11.7. The van der Waals surface area contributed by atoms with Crippen molar-refractivity contribution in [3.63, 3.8) is 0 Å². The van der Waals surface area contributed by atoms with Gasteiger partial charge in [-0.3, -0.25) is 9.69 Å². The molecule has 0 aliphatic carbocycles. The number of amides is 1. The fraction of sp³-hybridized carbons (Fsp3) is 0.312. The predicted octanol–water partition coefficient (Wildman–Crippen LogP) is 0.997. The van der Waals surface area contributed by atoms with Crippen molar-refractivity contribution in [1.29, 1.82) is 5.26 Å². The van der Waals surface area contributed by atoms with Crippen LogP contribution in [0, 0.1) is 11.3 Å². The monoisotopic (exact) mass is 295 g/mol. The highest BCUT2D eigenvalue weighted by Gasteiger charge is 2.26. The van der Waals surface area contributed by atoms with Crippen LogP contribution in [-0.2, 0) is 11.2 Å². The molecule has 0 radical (unpaired) electrons. The molecule has 1 aromatic heterocycles. The van der Waals surface area contributed by atoms with Crippen LogP contribution in [0.3, 0.4) is 0 Å². The molecule has 2 aromatic rings. The number of carbonyl (C=O) groups excluding carboxylic acids is 1. The second-order valence-electron chi connectivity index (χ2n) is 5.36. The average molecular weight is 295 g/mol. The van der Waals surface area contributed by atoms with Crippen molar-refractivity contribution in [3.05, 3.63) is 53.6 Å². The number of nitrogens with one attached hydrogen (secondary N) is 2. The van der Waals surface area contributed by atoms with E-state index in [2.05, 4.69) is 26.3 Å². The van der Waals surface area contributed by atoms with Crippen LogP contribution in [0.25, 0.3) is 0 Å². The van der Waals surface area contributed by atoms with E-state index in [0.717, 1.165) is 24.2 Å². The first-order valence-electron chi connectivity index (χ1n) is 7.24. The number of imidazole rings is 1. The van der Waals surface area contributed by atoms with E-state index in [1.807, 2.05) is 24.3 Å². The number of benzene rings is 1. The lowest BCUT2D eigenvalue weighted by atomic mass is 10.0. The molecule has 1 amide bonds. The average Bonchev–Trinajstić information content (AvgIpc) is 3.07. The van der Waals surface area contributed by atoms with Gasteiger partial charge in [0.15, 0.2) is 0 Å². The van der Waals surface area contributed by atoms with Crippen molar-refractivity contribution in [2.24, 2.45) is 0 Å². The van der Waals surface area contributed by atoms with E-state index in [-0.39, 0.29) is 11.9 Å². The van der Waals surface area contributed by atoms with E-state index in [9.17, 15) is 4.79 Å². The molecule has 6 nitrogen and oxygen atoms in total. The van der Waals surface area contributed by atoms with Gasteiger partial charge >= 0.3 is 0 Å². The molecule has 1 aliphatic heterocycles. The maximum atomic E-state index is 11.7. The van der Waals surface area contributed by atoms with E-state index in [4.69, 9.17) is 5.26 Å². The predicted molar refractivity (Wildman–Crippen MR) is 80.8 cm³/mol. The molecule has 1 aromatic carbocycles. The standard InChI is InChI=1S/C16H17N5O/c17-8-13-3-1-12(2-4-13)7-15(14-9-18-11-20-14)21-6-5-19-16(22)10-21/h1-4,9,11,15H,5-7,10H2,(H,18,20)(H,19,22). The second kappa shape index (κ2) is 6.41. The lowest BCUT2D eigenvalue weighted by Gasteiger charge is -2.33. The van der Waals surface area contributed by atoms with Gasteiger partial charge in [-0.2, -0.15) is 5.26 Å². The van der Waals surface area contributed by atoms with Gasteiger partial charge < -0.3 is 10.3 Å². The minimum absolute atomic E-state index is 0.0515. The number of carbonyl (C=O) groups is 1. The molecule has 1 fully saturated rings. The van der Waals surface area contributed by atoms with E-state index >= 15 is 0 Å². The van der Waals surface area contributed by atoms with Gasteiger partial charge in [0.25, 0.3) is 0 Å². The molecule has 1 unspecified atom stereocenters. The third-order valence-corrected chi connectivity index (χ3v) is 3.90. The van der Waals surface area contributed by atoms with Crippen molar-refractivity contribution in [1.82, 2.24) is 20.2 Å². The Bertz CT molecular complexity index is 672. The number of aromatic nitrogens is 2. The summed E-state index contributed by atoms with van der Waals surface area (Å²) in [4.78, 5) is 21.1. The van der Waals surface area contributed by atoms with Gasteiger partial charge in [0, 0.05) is 19.3 Å². The summed E-state index contributed by atoms with van der Waals surface area (Å²) in [5.41, 5.74) is 2.78. The zero-order chi connectivity index (χ0) is 15.4. The Labute approximate surface area is 128 Å². The summed E-state index contributed by atoms with van der Waals surface area (Å²) in [5.74, 6) is 0.0515. The Morgan fingerprint density at radius 3 is 2.82 bits per heavy atom. The molecule has 112 valence electrons. The first kappa shape index (κ1) is 14.3. The summed E-state index contributed by atoms with van der Waals surface area (Å²) < 4.78 is 0. The van der Waals surface area contributed by atoms with Crippen molar-refractivity contribution in [2.75, 3.05) is 19.6 Å². The highest BCUT2D eigenvalue weighted by atomic mass is 16.2. The fourth-order valence-corrected chi connectivity index (χ4v) is 2.75. The zero-order valence-corrected chi connectivity index (χ0v) is 12.1. The highest BCUT2D eigenvalue weighted by molar-refractivity contribution is 5.78. The number of hydrogen-bond acceptors (Lipinski definition) is 4. The molecule has 0 spiro atoms. The molecule has 2 heterocycles. The summed E-state index contributed by atoms with van der Waals surface area (Å²) in [6.45, 7) is 1.86. The lowest BCUT2D eigenvalue weighted by Crippen LogP contribution is -2.49. The van der Waals surface area contributed by atoms with Crippen LogP contribution in [0.15, 0.2) is 36.8 Å². The number of aromatic amines is 1. The van der Waals surface area contributed by atoms with E-state index in [0.29, 0.717) is 18.7 Å². The molecule has 22 heavy (non-hydrogen) atoms. The summed E-state index contributed by atoms with van der Waals surface area (Å²) in [6, 6.07) is 9.77. The van der Waals surface area contributed by atoms with Crippen LogP contribution in [0.5, 0.6) is 0 Å². The van der Waals surface area contributed by atoms with Gasteiger partial charge in [-0.1, -0.05) is 12.1 Å². The molecule has 3 rings (SSSR count). The van der Waals surface area contributed by atoms with Gasteiger partial charge in [0.2, 0.25) is 5.91 Å². The molecule has 2 N–H and O–H groups in total. The fourth-order valence-electron chi connectivity index (χ4n) is 2.75. The molecule has 1 atom stereocenters. The quantitative estimate of drug-likeness (QED) is 0.881. The minimum atomic E-state index is 0.0515. The van der Waals surface area contributed by atoms with E-state index in [1.54, 1.807) is 12.5 Å². The van der Waals surface area contributed by atoms with Crippen LogP contribution in [0.2, 0.25) is 0 Å². The van der Waals surface area contributed by atoms with Crippen molar-refractivity contribution in [3.8, 4) is 6.07 Å². The molecule has 0 saturated carbocycles. The maximum absolute atomic E-state index is 11.7. The van der Waals surface area contributed by atoms with E-state index < -0.39 is 0 Å². The number of nitrogens with zero attached hydrogens (tertiary/aromatic N) is 3. The smallest absolute Gasteiger partial charge is 0.234 e. The van der Waals surface area contributed by atoms with Crippen LogP contribution >= 0.6 is 0 Å². The van der Waals surface area contributed by atoms with Crippen molar-refractivity contribution in [2.45, 2.75) is 12.5 Å². The molecule has 1 saturated heterocycles. The van der Waals surface area contributed by atoms with Crippen LogP contribution in [-0.4, -0.2) is 40.4 Å². The van der Waals surface area contributed by atoms with Crippen LogP contribution in [0.1, 0.15) is 22.9 Å². The number of piperazine rings is 1. The molecule has 6 heteroatoms. The molecular formula is C16H17N5O. The SMILES string of the molecule is N#Cc1ccc(CC(c2cnc[nH]2)N2CCNC(=O)C2)cc1. The number of nitriles is 1. The Morgan fingerprint density at radius 1 is 1.36 bits per heavy atom. The Balaban J connectivity index is 1.82. The Morgan fingerprint density at radius 2 is 2.18 bits per heavy atom. The zero-order valence-electron chi connectivity index (χ0n) is 12.1. The maximum Gasteiger partial charge on any atom is 0.234 e. The van der Waals surface area contributed by atoms with Crippen molar-refractivity contribution >= 4 is 5.91 Å². The molecule has 1 aliphatic rings. The summed E-state index contributed by atoms with van der Waals surface area (Å²) in [6.07, 6.45) is 4.23. The molecular weight excluding hydrogens is 278 g/mol. The molecule has 0 bridgehead atoms. The van der Waals surface area contributed by atoms with E-state index in [1.165, 1.54) is 0 Å². The van der Waals surface area contributed by atoms with Crippen LogP contribution in [0.4, 0.5) is 0 Å². The lowest BCUT2D eigenvalue weighted by molar-refractivity contribution is -0.125. The third-order valence-electron chi connectivity index (χ3n) is 3.90. The first-order chi connectivity index (χ1) is 10.8. The van der Waals surface area contributed by atoms with Gasteiger partial charge in [-0.05, 0) is 24.1 Å². The van der Waals surface area contributed by atoms with Crippen molar-refractivity contribution < 1.29 is 4.79 Å². The second-order valence-corrected chi connectivity index (χ2v) is 5.36. The van der Waals surface area contributed by atoms with Gasteiger partial charge in [-0.15, -0.1) is 0 Å². The largest absolute Gasteiger partial charge is 0.354 e.